The minimum Gasteiger partial charge on any atom is -0.312 e. The molecular formula is C10H12Rf2-2. The summed E-state index contributed by atoms with van der Waals surface area (Å²) in [6, 6.07) is 6.55. The van der Waals surface area contributed by atoms with Crippen molar-refractivity contribution < 1.29 is 0 Å². The molecule has 0 bridgehead atoms. The Balaban J connectivity index is 0. The molecule has 0 aliphatic rings. The van der Waals surface area contributed by atoms with Crippen molar-refractivity contribution in [2.75, 3.05) is 0 Å². The monoisotopic (exact) mass is 666 g/mol. The Morgan fingerprint density at radius 3 is 0.917 bits per heavy atom. The van der Waals surface area contributed by atoms with E-state index in [0.29, 0.717) is 0 Å². The summed E-state index contributed by atoms with van der Waals surface area (Å²) in [5.74, 6) is 0. The number of rotatable bonds is 0. The smallest absolute Gasteiger partial charge is 0 e. The van der Waals surface area contributed by atoms with E-state index in [1.165, 1.54) is 22.3 Å². The van der Waals surface area contributed by atoms with Gasteiger partial charge in [-0.1, -0.05) is 0 Å². The SMILES string of the molecule is Cc1[c-]c(C)c(C)[c-]c1C.[Rf].[Rf]. The van der Waals surface area contributed by atoms with E-state index < -0.39 is 0 Å². The molecule has 0 aliphatic heterocycles. The van der Waals surface area contributed by atoms with Crippen molar-refractivity contribution in [2.45, 2.75) is 27.7 Å². The van der Waals surface area contributed by atoms with Crippen molar-refractivity contribution in [1.82, 2.24) is 0 Å². The van der Waals surface area contributed by atoms with E-state index in [4.69, 9.17) is 0 Å². The molecule has 0 fully saturated rings. The van der Waals surface area contributed by atoms with Crippen molar-refractivity contribution >= 4 is 0 Å². The molecule has 0 aromatic heterocycles. The molecule has 1 aromatic carbocycles. The quantitative estimate of drug-likeness (QED) is 0.374. The summed E-state index contributed by atoms with van der Waals surface area (Å²) < 4.78 is 0. The van der Waals surface area contributed by atoms with E-state index in [2.05, 4.69) is 39.8 Å². The van der Waals surface area contributed by atoms with Gasteiger partial charge in [-0.15, -0.1) is 27.7 Å². The number of hydrogen-bond acceptors (Lipinski definition) is 0. The summed E-state index contributed by atoms with van der Waals surface area (Å²) in [4.78, 5) is 0. The van der Waals surface area contributed by atoms with Gasteiger partial charge in [-0.2, -0.15) is 0 Å². The molecule has 0 saturated carbocycles. The van der Waals surface area contributed by atoms with Gasteiger partial charge in [-0.3, -0.25) is 22.3 Å². The zero-order valence-corrected chi connectivity index (χ0v) is 21.2. The topological polar surface area (TPSA) is 0 Å². The Labute approximate surface area is 62.9 Å². The van der Waals surface area contributed by atoms with Crippen LogP contribution in [-0.4, -0.2) is 0 Å². The van der Waals surface area contributed by atoms with Crippen LogP contribution in [0.25, 0.3) is 0 Å². The van der Waals surface area contributed by atoms with Gasteiger partial charge < -0.3 is 12.1 Å². The summed E-state index contributed by atoms with van der Waals surface area (Å²) in [7, 11) is 0. The third kappa shape index (κ3) is 1.60. The number of hydrogen-bond donors (Lipinski definition) is 0. The molecule has 0 spiro atoms. The standard InChI is InChI=1S/C10H12.2Rf/c1-7-5-9(3)10(4)6-8(7)2;;/h1-4H3;;/q-2;;. The van der Waals surface area contributed by atoms with Gasteiger partial charge in [0, 0.05) is 0 Å². The van der Waals surface area contributed by atoms with Gasteiger partial charge in [-0.25, -0.2) is 0 Å². The Hall–Kier alpha value is -2.78. The first-order valence-corrected chi connectivity index (χ1v) is 3.50. The van der Waals surface area contributed by atoms with Gasteiger partial charge in [0.2, 0.25) is 0 Å². The van der Waals surface area contributed by atoms with Crippen LogP contribution in [0, 0.1) is 39.8 Å². The van der Waals surface area contributed by atoms with Crippen molar-refractivity contribution in [3.05, 3.63) is 34.4 Å². The van der Waals surface area contributed by atoms with Crippen molar-refractivity contribution in [2.24, 2.45) is 0 Å². The molecule has 1 aromatic rings. The van der Waals surface area contributed by atoms with Crippen LogP contribution in [0.4, 0.5) is 0 Å². The van der Waals surface area contributed by atoms with E-state index in [1.807, 2.05) is 0 Å². The molecule has 0 nitrogen and oxygen atoms in total. The second-order valence-electron chi connectivity index (χ2n) is 2.75. The maximum absolute atomic E-state index is 3.28. The fraction of sp³-hybridized carbons (Fsp3) is 0.400. The Morgan fingerprint density at radius 1 is 0.583 bits per heavy atom. The molecule has 0 unspecified atom stereocenters. The van der Waals surface area contributed by atoms with Crippen molar-refractivity contribution in [3.8, 4) is 0 Å². The minimum atomic E-state index is 0. The molecule has 1 rings (SSSR count). The molecule has 12 heavy (non-hydrogen) atoms. The van der Waals surface area contributed by atoms with Crippen LogP contribution >= 0.6 is 0 Å². The van der Waals surface area contributed by atoms with Gasteiger partial charge >= 0.3 is 0 Å². The zero-order chi connectivity index (χ0) is 7.72. The predicted molar refractivity (Wildman–Crippen MR) is 43.1 cm³/mol. The fourth-order valence-electron chi connectivity index (χ4n) is 0.938. The summed E-state index contributed by atoms with van der Waals surface area (Å²) in [6.45, 7) is 8.27. The minimum absolute atomic E-state index is 0. The molecule has 0 amide bonds. The molecule has 0 heterocycles. The largest absolute Gasteiger partial charge is 0.312 e. The summed E-state index contributed by atoms with van der Waals surface area (Å²) in [6.07, 6.45) is 0. The summed E-state index contributed by atoms with van der Waals surface area (Å²) in [5, 5.41) is 0. The summed E-state index contributed by atoms with van der Waals surface area (Å²) >= 11 is 0. The van der Waals surface area contributed by atoms with E-state index in [1.54, 1.807) is 0 Å². The van der Waals surface area contributed by atoms with Crippen molar-refractivity contribution in [1.29, 1.82) is 0 Å². The zero-order valence-electron chi connectivity index (χ0n) is 8.41. The van der Waals surface area contributed by atoms with Crippen LogP contribution in [-0.2, 0) is 0 Å². The van der Waals surface area contributed by atoms with E-state index in [-0.39, 0.29) is 0 Å². The Bertz CT molecular complexity index is 204. The Kier molecular flexibility index (Phi) is 3.39. The third-order valence-electron chi connectivity index (χ3n) is 1.88. The van der Waals surface area contributed by atoms with Gasteiger partial charge in [0.25, 0.3) is 0 Å². The second kappa shape index (κ2) is 3.40. The Morgan fingerprint density at radius 2 is 0.750 bits per heavy atom. The molecular weight excluding hydrogens is 654 g/mol. The first-order valence-electron chi connectivity index (χ1n) is 3.50. The average Bonchev–Trinajstić information content (AvgIpc) is 1.84. The normalized spacial score (nSPS) is 8.33. The average molecular weight is 666 g/mol. The summed E-state index contributed by atoms with van der Waals surface area (Å²) in [5.41, 5.74) is 4.84. The van der Waals surface area contributed by atoms with Gasteiger partial charge in [0.1, 0.15) is 0 Å². The molecule has 0 aliphatic carbocycles. The van der Waals surface area contributed by atoms with Gasteiger partial charge in [0.05, 0.1) is 0 Å². The first kappa shape index (κ1) is 12.0. The van der Waals surface area contributed by atoms with Crippen LogP contribution < -0.4 is 0 Å². The first-order chi connectivity index (χ1) is 4.61. The fourth-order valence-corrected chi connectivity index (χ4v) is 0.938. The van der Waals surface area contributed by atoms with Crippen LogP contribution in [0.1, 0.15) is 22.3 Å². The predicted octanol–water partition coefficient (Wildman–Crippen LogP) is 2.52. The number of aryl methyl sites for hydroxylation is 4. The molecule has 58 valence electrons. The van der Waals surface area contributed by atoms with Gasteiger partial charge in [-0.05, 0) is 0 Å². The molecule has 0 radical (unpaired) electrons. The van der Waals surface area contributed by atoms with Crippen LogP contribution in [0.15, 0.2) is 0 Å². The van der Waals surface area contributed by atoms with Crippen LogP contribution in [0.3, 0.4) is 0 Å². The van der Waals surface area contributed by atoms with E-state index >= 15 is 0 Å². The number of benzene rings is 1. The van der Waals surface area contributed by atoms with E-state index in [9.17, 15) is 0 Å². The maximum atomic E-state index is 3.28. The van der Waals surface area contributed by atoms with E-state index in [0.717, 1.165) is 0 Å². The molecule has 0 atom stereocenters. The van der Waals surface area contributed by atoms with Crippen LogP contribution in [0.5, 0.6) is 0 Å². The van der Waals surface area contributed by atoms with Crippen LogP contribution in [0.2, 0.25) is 0 Å². The third-order valence-corrected chi connectivity index (χ3v) is 1.88. The van der Waals surface area contributed by atoms with Crippen molar-refractivity contribution in [3.63, 3.8) is 0 Å². The molecule has 0 saturated heterocycles. The molecule has 0 N–H and O–H groups in total. The van der Waals surface area contributed by atoms with Gasteiger partial charge in [0.15, 0.2) is 0 Å². The molecule has 2 heteroatoms. The maximum Gasteiger partial charge on any atom is 0 e. The second-order valence-corrected chi connectivity index (χ2v) is 2.75.